The van der Waals surface area contributed by atoms with Crippen molar-refractivity contribution in [1.82, 2.24) is 20.6 Å². The fourth-order valence-corrected chi connectivity index (χ4v) is 4.66. The topological polar surface area (TPSA) is 90.0 Å². The van der Waals surface area contributed by atoms with E-state index in [0.29, 0.717) is 30.0 Å². The third-order valence-corrected chi connectivity index (χ3v) is 6.50. The second-order valence-corrected chi connectivity index (χ2v) is 9.03. The first-order valence-electron chi connectivity index (χ1n) is 11.8. The number of aromatic hydroxyl groups is 1. The highest BCUT2D eigenvalue weighted by molar-refractivity contribution is 6.35. The van der Waals surface area contributed by atoms with Crippen LogP contribution in [0.1, 0.15) is 42.5 Å². The molecule has 4 rings (SSSR count). The average Bonchev–Trinajstić information content (AvgIpc) is 3.16. The van der Waals surface area contributed by atoms with E-state index in [0.717, 1.165) is 48.7 Å². The molecule has 6 nitrogen and oxygen atoms in total. The third kappa shape index (κ3) is 5.69. The number of aryl methyl sites for hydroxylation is 1. The van der Waals surface area contributed by atoms with Gasteiger partial charge in [0.15, 0.2) is 0 Å². The van der Waals surface area contributed by atoms with Crippen LogP contribution in [-0.4, -0.2) is 34.1 Å². The highest BCUT2D eigenvalue weighted by Gasteiger charge is 2.11. The van der Waals surface area contributed by atoms with Crippen LogP contribution in [0.5, 0.6) is 5.75 Å². The quantitative estimate of drug-likeness (QED) is 0.217. The zero-order valence-corrected chi connectivity index (χ0v) is 20.2. The molecular weight excluding hydrogens is 448 g/mol. The number of benzene rings is 2. The van der Waals surface area contributed by atoms with Crippen molar-refractivity contribution in [2.24, 2.45) is 0 Å². The molecule has 0 aliphatic heterocycles. The minimum absolute atomic E-state index is 0.105. The Morgan fingerprint density at radius 2 is 1.91 bits per heavy atom. The molecule has 0 radical (unpaired) electrons. The normalized spacial score (nSPS) is 11.4. The van der Waals surface area contributed by atoms with Crippen LogP contribution in [0.4, 0.5) is 0 Å². The van der Waals surface area contributed by atoms with Gasteiger partial charge in [0.25, 0.3) is 0 Å². The van der Waals surface area contributed by atoms with E-state index in [-0.39, 0.29) is 11.7 Å². The first kappa shape index (κ1) is 24.0. The van der Waals surface area contributed by atoms with Crippen molar-refractivity contribution in [1.29, 1.82) is 0 Å². The maximum Gasteiger partial charge on any atom is 0.220 e. The summed E-state index contributed by atoms with van der Waals surface area (Å²) in [6, 6.07) is 13.7. The van der Waals surface area contributed by atoms with E-state index in [4.69, 9.17) is 11.6 Å². The molecule has 178 valence electrons. The molecule has 7 heteroatoms. The number of nitrogens with zero attached hydrogens (tertiary/aromatic N) is 1. The fourth-order valence-electron chi connectivity index (χ4n) is 4.38. The van der Waals surface area contributed by atoms with Gasteiger partial charge in [0.05, 0.1) is 5.02 Å². The van der Waals surface area contributed by atoms with E-state index in [1.165, 1.54) is 16.6 Å². The largest absolute Gasteiger partial charge is 0.505 e. The number of amides is 1. The molecule has 0 atom stereocenters. The van der Waals surface area contributed by atoms with Gasteiger partial charge in [-0.25, -0.2) is 0 Å². The van der Waals surface area contributed by atoms with Crippen LogP contribution < -0.4 is 10.6 Å². The molecule has 0 saturated carbocycles. The molecule has 0 saturated heterocycles. The summed E-state index contributed by atoms with van der Waals surface area (Å²) in [5, 5.41) is 19.4. The number of fused-ring (bicyclic) bond motifs is 2. The molecule has 0 bridgehead atoms. The lowest BCUT2D eigenvalue weighted by Crippen LogP contribution is -2.25. The predicted octanol–water partition coefficient (Wildman–Crippen LogP) is 5.39. The highest BCUT2D eigenvalue weighted by Crippen LogP contribution is 2.32. The number of pyridine rings is 1. The van der Waals surface area contributed by atoms with Crippen molar-refractivity contribution in [2.45, 2.75) is 45.6 Å². The lowest BCUT2D eigenvalue weighted by atomic mass is 10.1. The highest BCUT2D eigenvalue weighted by atomic mass is 35.5. The van der Waals surface area contributed by atoms with E-state index in [9.17, 15) is 9.90 Å². The maximum atomic E-state index is 12.2. The smallest absolute Gasteiger partial charge is 0.220 e. The Bertz CT molecular complexity index is 1280. The summed E-state index contributed by atoms with van der Waals surface area (Å²) in [6.07, 6.45) is 5.80. The molecular formula is C27H31ClN4O2. The van der Waals surface area contributed by atoms with Crippen LogP contribution in [0.25, 0.3) is 21.8 Å². The van der Waals surface area contributed by atoms with Gasteiger partial charge >= 0.3 is 0 Å². The number of H-pyrrole nitrogens is 1. The van der Waals surface area contributed by atoms with Gasteiger partial charge in [0.2, 0.25) is 5.91 Å². The SMILES string of the molecule is Cc1[nH]c2ccccc2c1CCNC(=O)CCCCCNCc1cc(Cl)c2cccnc2c1O. The summed E-state index contributed by atoms with van der Waals surface area (Å²) >= 11 is 6.33. The van der Waals surface area contributed by atoms with Crippen LogP contribution in [0, 0.1) is 6.92 Å². The lowest BCUT2D eigenvalue weighted by molar-refractivity contribution is -0.121. The second-order valence-electron chi connectivity index (χ2n) is 8.63. The number of phenols is 1. The predicted molar refractivity (Wildman–Crippen MR) is 138 cm³/mol. The summed E-state index contributed by atoms with van der Waals surface area (Å²) in [6.45, 7) is 4.05. The molecule has 2 aromatic heterocycles. The van der Waals surface area contributed by atoms with E-state index in [1.54, 1.807) is 18.3 Å². The Kier molecular flexibility index (Phi) is 8.03. The number of para-hydroxylation sites is 1. The number of carbonyl (C=O) groups is 1. The average molecular weight is 479 g/mol. The Morgan fingerprint density at radius 3 is 2.79 bits per heavy atom. The van der Waals surface area contributed by atoms with Crippen molar-refractivity contribution >= 4 is 39.3 Å². The molecule has 2 heterocycles. The van der Waals surface area contributed by atoms with Gasteiger partial charge in [0.1, 0.15) is 11.3 Å². The minimum atomic E-state index is 0.105. The molecule has 34 heavy (non-hydrogen) atoms. The van der Waals surface area contributed by atoms with Crippen molar-refractivity contribution in [2.75, 3.05) is 13.1 Å². The Labute approximate surface area is 204 Å². The van der Waals surface area contributed by atoms with E-state index < -0.39 is 0 Å². The summed E-state index contributed by atoms with van der Waals surface area (Å²) in [5.74, 6) is 0.278. The molecule has 0 fully saturated rings. The zero-order valence-electron chi connectivity index (χ0n) is 19.5. The van der Waals surface area contributed by atoms with Crippen molar-refractivity contribution in [3.63, 3.8) is 0 Å². The number of hydrogen-bond acceptors (Lipinski definition) is 4. The number of hydrogen-bond donors (Lipinski definition) is 4. The van der Waals surface area contributed by atoms with Crippen molar-refractivity contribution in [3.05, 3.63) is 70.5 Å². The second kappa shape index (κ2) is 11.4. The maximum absolute atomic E-state index is 12.2. The number of phenolic OH excluding ortho intramolecular Hbond substituents is 1. The molecule has 4 aromatic rings. The number of carbonyl (C=O) groups excluding carboxylic acids is 1. The standard InChI is InChI=1S/C27H31ClN4O2/c1-18-20(21-8-4-5-10-24(21)32-18)12-15-30-25(33)11-3-2-6-13-29-17-19-16-23(28)22-9-7-14-31-26(22)27(19)34/h4-5,7-10,14,16,29,32,34H,2-3,6,11-13,15,17H2,1H3,(H,30,33). The van der Waals surface area contributed by atoms with Gasteiger partial charge in [0, 0.05) is 53.3 Å². The summed E-state index contributed by atoms with van der Waals surface area (Å²) in [4.78, 5) is 19.8. The first-order valence-corrected chi connectivity index (χ1v) is 12.2. The molecule has 4 N–H and O–H groups in total. The van der Waals surface area contributed by atoms with Crippen LogP contribution in [0.15, 0.2) is 48.7 Å². The number of nitrogens with one attached hydrogen (secondary N) is 3. The lowest BCUT2D eigenvalue weighted by Gasteiger charge is -2.10. The van der Waals surface area contributed by atoms with E-state index in [2.05, 4.69) is 39.7 Å². The van der Waals surface area contributed by atoms with Crippen molar-refractivity contribution < 1.29 is 9.90 Å². The number of halogens is 1. The van der Waals surface area contributed by atoms with Gasteiger partial charge in [-0.3, -0.25) is 9.78 Å². The Balaban J connectivity index is 1.11. The van der Waals surface area contributed by atoms with Crippen LogP contribution in [0.2, 0.25) is 5.02 Å². The van der Waals surface area contributed by atoms with Crippen LogP contribution in [-0.2, 0) is 17.8 Å². The summed E-state index contributed by atoms with van der Waals surface area (Å²) < 4.78 is 0. The molecule has 0 aliphatic carbocycles. The number of aromatic nitrogens is 2. The summed E-state index contributed by atoms with van der Waals surface area (Å²) in [7, 11) is 0. The molecule has 0 unspecified atom stereocenters. The van der Waals surface area contributed by atoms with Gasteiger partial charge in [-0.05, 0) is 62.6 Å². The van der Waals surface area contributed by atoms with Gasteiger partial charge in [-0.15, -0.1) is 0 Å². The van der Waals surface area contributed by atoms with E-state index in [1.807, 2.05) is 18.2 Å². The Morgan fingerprint density at radius 1 is 1.09 bits per heavy atom. The van der Waals surface area contributed by atoms with Gasteiger partial charge < -0.3 is 20.7 Å². The van der Waals surface area contributed by atoms with Gasteiger partial charge in [-0.2, -0.15) is 0 Å². The molecule has 0 aliphatic rings. The van der Waals surface area contributed by atoms with E-state index >= 15 is 0 Å². The van der Waals surface area contributed by atoms with Crippen LogP contribution in [0.3, 0.4) is 0 Å². The molecule has 0 spiro atoms. The first-order chi connectivity index (χ1) is 16.5. The Hall–Kier alpha value is -3.09. The zero-order chi connectivity index (χ0) is 23.9. The monoisotopic (exact) mass is 478 g/mol. The minimum Gasteiger partial charge on any atom is -0.505 e. The number of aromatic amines is 1. The third-order valence-electron chi connectivity index (χ3n) is 6.19. The number of unbranched alkanes of at least 4 members (excludes halogenated alkanes) is 2. The number of rotatable bonds is 11. The molecule has 2 aromatic carbocycles. The summed E-state index contributed by atoms with van der Waals surface area (Å²) in [5.41, 5.74) is 4.85. The van der Waals surface area contributed by atoms with Crippen LogP contribution >= 0.6 is 11.6 Å². The molecule has 1 amide bonds. The van der Waals surface area contributed by atoms with Crippen molar-refractivity contribution in [3.8, 4) is 5.75 Å². The van der Waals surface area contributed by atoms with Gasteiger partial charge in [-0.1, -0.05) is 36.2 Å². The fraction of sp³-hybridized carbons (Fsp3) is 0.333.